The van der Waals surface area contributed by atoms with Crippen molar-refractivity contribution >= 4 is 29.7 Å². The first-order valence-electron chi connectivity index (χ1n) is 11.6. The number of carbonyl (C=O) groups is 5. The third-order valence-corrected chi connectivity index (χ3v) is 5.33. The number of hydrogen-bond donors (Lipinski definition) is 5. The summed E-state index contributed by atoms with van der Waals surface area (Å²) in [7, 11) is 0. The van der Waals surface area contributed by atoms with Gasteiger partial charge in [-0.2, -0.15) is 0 Å². The van der Waals surface area contributed by atoms with Crippen molar-refractivity contribution in [1.82, 2.24) is 10.6 Å². The van der Waals surface area contributed by atoms with Crippen LogP contribution in [0, 0.1) is 11.8 Å². The number of carboxylic acids is 2. The van der Waals surface area contributed by atoms with Gasteiger partial charge < -0.3 is 26.6 Å². The monoisotopic (exact) mass is 507 g/mol. The van der Waals surface area contributed by atoms with E-state index < -0.39 is 54.6 Å². The Morgan fingerprint density at radius 3 is 1.81 bits per heavy atom. The number of carbonyl (C=O) groups excluding carboxylic acids is 3. The molecule has 10 heteroatoms. The Morgan fingerprint density at radius 2 is 1.27 bits per heavy atom. The fourth-order valence-corrected chi connectivity index (χ4v) is 3.31. The first kappa shape index (κ1) is 28.6. The summed E-state index contributed by atoms with van der Waals surface area (Å²) in [5.41, 5.74) is 7.81. The van der Waals surface area contributed by atoms with Crippen molar-refractivity contribution in [2.75, 3.05) is 0 Å². The second-order valence-corrected chi connectivity index (χ2v) is 8.26. The maximum atomic E-state index is 12.6. The van der Waals surface area contributed by atoms with Gasteiger partial charge in [0.15, 0.2) is 0 Å². The van der Waals surface area contributed by atoms with Crippen LogP contribution in [0.5, 0.6) is 0 Å². The van der Waals surface area contributed by atoms with Crippen LogP contribution < -0.4 is 16.4 Å². The lowest BCUT2D eigenvalue weighted by molar-refractivity contribution is -0.139. The molecule has 6 N–H and O–H groups in total. The van der Waals surface area contributed by atoms with E-state index in [-0.39, 0.29) is 19.3 Å². The van der Waals surface area contributed by atoms with Gasteiger partial charge in [0.1, 0.15) is 12.1 Å². The highest BCUT2D eigenvalue weighted by Crippen LogP contribution is 2.08. The van der Waals surface area contributed by atoms with Crippen molar-refractivity contribution in [1.29, 1.82) is 0 Å². The van der Waals surface area contributed by atoms with Crippen LogP contribution in [0.1, 0.15) is 48.8 Å². The van der Waals surface area contributed by atoms with Crippen molar-refractivity contribution in [3.63, 3.8) is 0 Å². The smallest absolute Gasteiger partial charge is 0.303 e. The number of hydrogen-bond acceptors (Lipinski definition) is 5. The van der Waals surface area contributed by atoms with Crippen molar-refractivity contribution in [3.05, 3.63) is 71.3 Å². The molecule has 2 aromatic rings. The number of carboxylic acid groups (broad SMARTS) is 2. The maximum Gasteiger partial charge on any atom is 0.303 e. The molecule has 0 fully saturated rings. The molecule has 0 bridgehead atoms. The summed E-state index contributed by atoms with van der Waals surface area (Å²) in [4.78, 5) is 58.5. The Bertz CT molecular complexity index is 1170. The third kappa shape index (κ3) is 11.1. The van der Waals surface area contributed by atoms with E-state index in [9.17, 15) is 24.0 Å². The van der Waals surface area contributed by atoms with Gasteiger partial charge in [-0.25, -0.2) is 0 Å². The van der Waals surface area contributed by atoms with Crippen LogP contribution in [-0.4, -0.2) is 52.0 Å². The number of primary amides is 1. The van der Waals surface area contributed by atoms with Gasteiger partial charge in [-0.3, -0.25) is 24.0 Å². The summed E-state index contributed by atoms with van der Waals surface area (Å²) in [5, 5.41) is 22.6. The Balaban J connectivity index is 1.95. The molecule has 0 unspecified atom stereocenters. The molecule has 0 radical (unpaired) electrons. The maximum absolute atomic E-state index is 12.6. The number of amides is 3. The van der Waals surface area contributed by atoms with Crippen LogP contribution in [0.4, 0.5) is 0 Å². The zero-order chi connectivity index (χ0) is 27.2. The van der Waals surface area contributed by atoms with Crippen LogP contribution in [0.2, 0.25) is 0 Å². The van der Waals surface area contributed by atoms with Gasteiger partial charge in [0.25, 0.3) is 0 Å². The van der Waals surface area contributed by atoms with Gasteiger partial charge in [-0.1, -0.05) is 42.2 Å². The number of rotatable bonds is 13. The molecule has 0 heterocycles. The average Bonchev–Trinajstić information content (AvgIpc) is 2.87. The third-order valence-electron chi connectivity index (χ3n) is 5.33. The minimum Gasteiger partial charge on any atom is -0.481 e. The predicted octanol–water partition coefficient (Wildman–Crippen LogP) is 1.20. The number of benzene rings is 2. The molecular weight excluding hydrogens is 478 g/mol. The molecule has 37 heavy (non-hydrogen) atoms. The highest BCUT2D eigenvalue weighted by atomic mass is 16.4. The van der Waals surface area contributed by atoms with E-state index in [4.69, 9.17) is 15.9 Å². The largest absolute Gasteiger partial charge is 0.481 e. The Morgan fingerprint density at radius 1 is 0.730 bits per heavy atom. The Hall–Kier alpha value is -4.65. The molecule has 0 aliphatic carbocycles. The lowest BCUT2D eigenvalue weighted by Crippen LogP contribution is -2.53. The fourth-order valence-electron chi connectivity index (χ4n) is 3.31. The van der Waals surface area contributed by atoms with E-state index >= 15 is 0 Å². The van der Waals surface area contributed by atoms with E-state index in [1.807, 2.05) is 54.6 Å². The average molecular weight is 508 g/mol. The summed E-state index contributed by atoms with van der Waals surface area (Å²) in [6.45, 7) is 0. The molecule has 194 valence electrons. The molecule has 2 aromatic carbocycles. The number of nitrogens with two attached hydrogens (primary N) is 1. The Kier molecular flexibility index (Phi) is 11.3. The zero-order valence-corrected chi connectivity index (χ0v) is 20.1. The highest BCUT2D eigenvalue weighted by Gasteiger charge is 2.26. The zero-order valence-electron chi connectivity index (χ0n) is 20.1. The van der Waals surface area contributed by atoms with Crippen molar-refractivity contribution in [2.45, 2.75) is 50.6 Å². The van der Waals surface area contributed by atoms with Gasteiger partial charge in [-0.05, 0) is 49.1 Å². The van der Waals surface area contributed by atoms with E-state index in [1.54, 1.807) is 0 Å². The summed E-state index contributed by atoms with van der Waals surface area (Å²) >= 11 is 0. The van der Waals surface area contributed by atoms with Gasteiger partial charge in [0.05, 0.1) is 0 Å². The molecular formula is C27H29N3O7. The number of nitrogens with one attached hydrogen (secondary N) is 2. The number of aliphatic carboxylic acids is 2. The van der Waals surface area contributed by atoms with Crippen LogP contribution in [-0.2, 0) is 30.4 Å². The Labute approximate surface area is 214 Å². The van der Waals surface area contributed by atoms with Crippen molar-refractivity contribution in [3.8, 4) is 11.8 Å². The molecule has 2 rings (SSSR count). The summed E-state index contributed by atoms with van der Waals surface area (Å²) in [6.07, 6.45) is -0.858. The molecule has 0 aliphatic rings. The normalized spacial score (nSPS) is 11.8. The fraction of sp³-hybridized carbons (Fsp3) is 0.296. The SMILES string of the molecule is NC(=O)[C@H](CCC(=O)O)NC(=O)[C@H](CCC(=O)O)NC(=O)CCc1ccc(C#Cc2ccccc2)cc1. The van der Waals surface area contributed by atoms with Gasteiger partial charge >= 0.3 is 11.9 Å². The molecule has 0 aromatic heterocycles. The van der Waals surface area contributed by atoms with E-state index in [0.29, 0.717) is 6.42 Å². The van der Waals surface area contributed by atoms with Crippen LogP contribution in [0.25, 0.3) is 0 Å². The summed E-state index contributed by atoms with van der Waals surface area (Å²) in [5.74, 6) is 1.55. The number of aryl methyl sites for hydroxylation is 1. The molecule has 3 amide bonds. The molecule has 0 saturated carbocycles. The first-order valence-corrected chi connectivity index (χ1v) is 11.6. The van der Waals surface area contributed by atoms with Gasteiger partial charge in [0.2, 0.25) is 17.7 Å². The molecule has 0 saturated heterocycles. The molecule has 0 spiro atoms. The van der Waals surface area contributed by atoms with Crippen molar-refractivity contribution in [2.24, 2.45) is 5.73 Å². The van der Waals surface area contributed by atoms with Gasteiger partial charge in [0, 0.05) is 30.4 Å². The standard InChI is InChI=1S/C27H29N3O7/c28-26(36)21(13-16-24(32)33)30-27(37)22(14-17-25(34)35)29-23(31)15-12-20-10-8-19(9-11-20)7-6-18-4-2-1-3-5-18/h1-5,8-11,21-22H,12-17H2,(H2,28,36)(H,29,31)(H,30,37)(H,32,33)(H,34,35)/t21-,22-/m0/s1. The van der Waals surface area contributed by atoms with Crippen LogP contribution >= 0.6 is 0 Å². The van der Waals surface area contributed by atoms with Crippen LogP contribution in [0.3, 0.4) is 0 Å². The lowest BCUT2D eigenvalue weighted by Gasteiger charge is -2.21. The van der Waals surface area contributed by atoms with Crippen LogP contribution in [0.15, 0.2) is 54.6 Å². The second-order valence-electron chi connectivity index (χ2n) is 8.26. The second kappa shape index (κ2) is 14.7. The first-order chi connectivity index (χ1) is 17.6. The topological polar surface area (TPSA) is 176 Å². The van der Waals surface area contributed by atoms with E-state index in [2.05, 4.69) is 22.5 Å². The van der Waals surface area contributed by atoms with Gasteiger partial charge in [-0.15, -0.1) is 0 Å². The summed E-state index contributed by atoms with van der Waals surface area (Å²) < 4.78 is 0. The highest BCUT2D eigenvalue weighted by molar-refractivity contribution is 5.92. The minimum absolute atomic E-state index is 0.0319. The van der Waals surface area contributed by atoms with Crippen molar-refractivity contribution < 1.29 is 34.2 Å². The van der Waals surface area contributed by atoms with E-state index in [0.717, 1.165) is 16.7 Å². The summed E-state index contributed by atoms with van der Waals surface area (Å²) in [6, 6.07) is 14.4. The predicted molar refractivity (Wildman–Crippen MR) is 134 cm³/mol. The van der Waals surface area contributed by atoms with E-state index in [1.165, 1.54) is 0 Å². The quantitative estimate of drug-likeness (QED) is 0.253. The molecule has 0 aliphatic heterocycles. The molecule has 10 nitrogen and oxygen atoms in total. The lowest BCUT2D eigenvalue weighted by atomic mass is 10.1. The molecule has 2 atom stereocenters. The minimum atomic E-state index is -1.27.